The van der Waals surface area contributed by atoms with Crippen LogP contribution in [0.1, 0.15) is 19.4 Å². The van der Waals surface area contributed by atoms with Gasteiger partial charge in [-0.15, -0.1) is 0 Å². The molecule has 0 saturated carbocycles. The molecule has 0 unspecified atom stereocenters. The number of isocyanates is 1. The summed E-state index contributed by atoms with van der Waals surface area (Å²) in [6.07, 6.45) is 1.56. The van der Waals surface area contributed by atoms with Crippen LogP contribution in [0.5, 0.6) is 0 Å². The number of hydrogen-bond acceptors (Lipinski definition) is 2. The summed E-state index contributed by atoms with van der Waals surface area (Å²) in [5.74, 6) is 0. The van der Waals surface area contributed by atoms with Gasteiger partial charge in [-0.3, -0.25) is 0 Å². The van der Waals surface area contributed by atoms with Crippen LogP contribution in [0.15, 0.2) is 29.3 Å². The van der Waals surface area contributed by atoms with Crippen molar-refractivity contribution in [3.05, 3.63) is 34.9 Å². The quantitative estimate of drug-likeness (QED) is 0.527. The molecule has 2 nitrogen and oxygen atoms in total. The molecule has 0 aromatic heterocycles. The largest absolute Gasteiger partial charge is 0.235 e. The molecule has 3 heteroatoms. The van der Waals surface area contributed by atoms with E-state index in [2.05, 4.69) is 4.99 Å². The third-order valence-electron chi connectivity index (χ3n) is 1.86. The van der Waals surface area contributed by atoms with E-state index in [1.54, 1.807) is 18.2 Å². The zero-order valence-electron chi connectivity index (χ0n) is 7.54. The second-order valence-corrected chi connectivity index (χ2v) is 3.71. The second kappa shape index (κ2) is 3.73. The highest BCUT2D eigenvalue weighted by molar-refractivity contribution is 6.30. The monoisotopic (exact) mass is 195 g/mol. The summed E-state index contributed by atoms with van der Waals surface area (Å²) in [4.78, 5) is 13.9. The van der Waals surface area contributed by atoms with Gasteiger partial charge in [0.15, 0.2) is 0 Å². The fraction of sp³-hybridized carbons (Fsp3) is 0.300. The molecule has 0 heterocycles. The van der Waals surface area contributed by atoms with E-state index in [-0.39, 0.29) is 0 Å². The minimum atomic E-state index is -0.549. The van der Waals surface area contributed by atoms with E-state index in [1.165, 1.54) is 0 Å². The summed E-state index contributed by atoms with van der Waals surface area (Å²) in [5, 5.41) is 0.645. The van der Waals surface area contributed by atoms with E-state index < -0.39 is 5.54 Å². The molecule has 1 aromatic rings. The molecule has 1 rings (SSSR count). The van der Waals surface area contributed by atoms with Gasteiger partial charge in [0, 0.05) is 5.02 Å². The first kappa shape index (κ1) is 9.97. The lowest BCUT2D eigenvalue weighted by atomic mass is 9.95. The van der Waals surface area contributed by atoms with Crippen LogP contribution in [0.3, 0.4) is 0 Å². The molecular formula is C10H10ClNO. The second-order valence-electron chi connectivity index (χ2n) is 3.27. The number of rotatable bonds is 2. The van der Waals surface area contributed by atoms with Crippen LogP contribution in [-0.2, 0) is 10.3 Å². The maximum absolute atomic E-state index is 10.2. The lowest BCUT2D eigenvalue weighted by Gasteiger charge is -2.17. The Labute approximate surface area is 82.3 Å². The topological polar surface area (TPSA) is 29.4 Å². The van der Waals surface area contributed by atoms with Crippen molar-refractivity contribution in [3.8, 4) is 0 Å². The molecule has 13 heavy (non-hydrogen) atoms. The maximum atomic E-state index is 10.2. The molecule has 0 fully saturated rings. The van der Waals surface area contributed by atoms with Crippen molar-refractivity contribution < 1.29 is 4.79 Å². The van der Waals surface area contributed by atoms with Gasteiger partial charge in [-0.2, -0.15) is 4.99 Å². The van der Waals surface area contributed by atoms with Gasteiger partial charge in [-0.25, -0.2) is 4.79 Å². The zero-order chi connectivity index (χ0) is 9.90. The van der Waals surface area contributed by atoms with Gasteiger partial charge in [0.1, 0.15) is 0 Å². The van der Waals surface area contributed by atoms with Crippen LogP contribution in [0.25, 0.3) is 0 Å². The van der Waals surface area contributed by atoms with Crippen molar-refractivity contribution in [1.82, 2.24) is 0 Å². The number of carbonyl (C=O) groups excluding carboxylic acids is 1. The summed E-state index contributed by atoms with van der Waals surface area (Å²) in [6, 6.07) is 7.29. The predicted octanol–water partition coefficient (Wildman–Crippen LogP) is 2.91. The van der Waals surface area contributed by atoms with Gasteiger partial charge in [-0.05, 0) is 31.5 Å². The Bertz CT molecular complexity index is 354. The minimum Gasteiger partial charge on any atom is -0.211 e. The van der Waals surface area contributed by atoms with E-state index in [1.807, 2.05) is 26.0 Å². The minimum absolute atomic E-state index is 0.549. The molecule has 0 aliphatic rings. The third-order valence-corrected chi connectivity index (χ3v) is 2.09. The first-order chi connectivity index (χ1) is 6.06. The third kappa shape index (κ3) is 2.41. The molecular weight excluding hydrogens is 186 g/mol. The Morgan fingerprint density at radius 3 is 2.69 bits per heavy atom. The number of hydrogen-bond donors (Lipinski definition) is 0. The first-order valence-electron chi connectivity index (χ1n) is 3.91. The normalized spacial score (nSPS) is 10.7. The van der Waals surface area contributed by atoms with Crippen LogP contribution < -0.4 is 0 Å². The van der Waals surface area contributed by atoms with Crippen molar-refractivity contribution >= 4 is 17.7 Å². The fourth-order valence-electron chi connectivity index (χ4n) is 1.05. The smallest absolute Gasteiger partial charge is 0.211 e. The van der Waals surface area contributed by atoms with Crippen molar-refractivity contribution in [2.75, 3.05) is 0 Å². The Kier molecular flexibility index (Phi) is 2.86. The number of nitrogens with zero attached hydrogens (tertiary/aromatic N) is 1. The SMILES string of the molecule is CC(C)(N=C=O)c1cccc(Cl)c1. The molecule has 68 valence electrons. The Hall–Kier alpha value is -1.11. The van der Waals surface area contributed by atoms with Gasteiger partial charge in [0.2, 0.25) is 6.08 Å². The average Bonchev–Trinajstić information content (AvgIpc) is 2.04. The van der Waals surface area contributed by atoms with Crippen molar-refractivity contribution in [1.29, 1.82) is 0 Å². The molecule has 0 bridgehead atoms. The Morgan fingerprint density at radius 2 is 2.15 bits per heavy atom. The fourth-order valence-corrected chi connectivity index (χ4v) is 1.24. The summed E-state index contributed by atoms with van der Waals surface area (Å²) < 4.78 is 0. The van der Waals surface area contributed by atoms with Crippen molar-refractivity contribution in [3.63, 3.8) is 0 Å². The lowest BCUT2D eigenvalue weighted by Crippen LogP contribution is -2.12. The van der Waals surface area contributed by atoms with E-state index >= 15 is 0 Å². The summed E-state index contributed by atoms with van der Waals surface area (Å²) in [5.41, 5.74) is 0.357. The Morgan fingerprint density at radius 1 is 1.46 bits per heavy atom. The molecule has 0 aliphatic heterocycles. The van der Waals surface area contributed by atoms with E-state index in [0.717, 1.165) is 5.56 Å². The van der Waals surface area contributed by atoms with Gasteiger partial charge >= 0.3 is 0 Å². The standard InChI is InChI=1S/C10H10ClNO/c1-10(2,12-7-13)8-4-3-5-9(11)6-8/h3-6H,1-2H3. The molecule has 0 atom stereocenters. The van der Waals surface area contributed by atoms with Crippen LogP contribution in [-0.4, -0.2) is 6.08 Å². The predicted molar refractivity (Wildman–Crippen MR) is 52.6 cm³/mol. The van der Waals surface area contributed by atoms with E-state index in [0.29, 0.717) is 5.02 Å². The van der Waals surface area contributed by atoms with Crippen LogP contribution in [0.2, 0.25) is 5.02 Å². The summed E-state index contributed by atoms with van der Waals surface area (Å²) >= 11 is 5.81. The molecule has 0 N–H and O–H groups in total. The van der Waals surface area contributed by atoms with Gasteiger partial charge in [-0.1, -0.05) is 23.7 Å². The van der Waals surface area contributed by atoms with Gasteiger partial charge < -0.3 is 0 Å². The number of benzene rings is 1. The Balaban J connectivity index is 3.13. The highest BCUT2D eigenvalue weighted by Crippen LogP contribution is 2.25. The molecule has 0 spiro atoms. The molecule has 0 aliphatic carbocycles. The van der Waals surface area contributed by atoms with Crippen LogP contribution >= 0.6 is 11.6 Å². The highest BCUT2D eigenvalue weighted by Gasteiger charge is 2.18. The average molecular weight is 196 g/mol. The lowest BCUT2D eigenvalue weighted by molar-refractivity contribution is 0.523. The van der Waals surface area contributed by atoms with E-state index in [9.17, 15) is 4.79 Å². The number of aliphatic imine (C=N–C) groups is 1. The van der Waals surface area contributed by atoms with Crippen molar-refractivity contribution in [2.24, 2.45) is 4.99 Å². The van der Waals surface area contributed by atoms with Gasteiger partial charge in [0.05, 0.1) is 5.54 Å². The van der Waals surface area contributed by atoms with Crippen LogP contribution in [0, 0.1) is 0 Å². The van der Waals surface area contributed by atoms with Crippen molar-refractivity contribution in [2.45, 2.75) is 19.4 Å². The van der Waals surface area contributed by atoms with E-state index in [4.69, 9.17) is 11.6 Å². The zero-order valence-corrected chi connectivity index (χ0v) is 8.30. The molecule has 1 aromatic carbocycles. The first-order valence-corrected chi connectivity index (χ1v) is 4.29. The molecule has 0 radical (unpaired) electrons. The molecule has 0 amide bonds. The maximum Gasteiger partial charge on any atom is 0.235 e. The highest BCUT2D eigenvalue weighted by atomic mass is 35.5. The summed E-state index contributed by atoms with van der Waals surface area (Å²) in [7, 11) is 0. The molecule has 0 saturated heterocycles. The van der Waals surface area contributed by atoms with Gasteiger partial charge in [0.25, 0.3) is 0 Å². The van der Waals surface area contributed by atoms with Crippen LogP contribution in [0.4, 0.5) is 0 Å². The number of halogens is 1. The summed E-state index contributed by atoms with van der Waals surface area (Å²) in [6.45, 7) is 3.67.